The van der Waals surface area contributed by atoms with Gasteiger partial charge in [0.2, 0.25) is 5.13 Å². The van der Waals surface area contributed by atoms with Crippen LogP contribution < -0.4 is 10.6 Å². The molecule has 4 nitrogen and oxygen atoms in total. The van der Waals surface area contributed by atoms with Crippen molar-refractivity contribution in [2.45, 2.75) is 13.1 Å². The van der Waals surface area contributed by atoms with E-state index in [0.717, 1.165) is 23.9 Å². The van der Waals surface area contributed by atoms with E-state index in [4.69, 9.17) is 5.73 Å². The molecule has 0 bridgehead atoms. The van der Waals surface area contributed by atoms with Gasteiger partial charge in [0, 0.05) is 30.3 Å². The molecule has 0 unspecified atom stereocenters. The first-order chi connectivity index (χ1) is 7.33. The second-order valence-electron chi connectivity index (χ2n) is 3.61. The summed E-state index contributed by atoms with van der Waals surface area (Å²) < 4.78 is 4.01. The number of nitrogens with two attached hydrogens (primary N) is 1. The van der Waals surface area contributed by atoms with Gasteiger partial charge < -0.3 is 10.6 Å². The molecular weight excluding hydrogens is 208 g/mol. The Kier molecular flexibility index (Phi) is 1.85. The number of anilines is 2. The van der Waals surface area contributed by atoms with Gasteiger partial charge in [-0.05, 0) is 23.3 Å². The highest BCUT2D eigenvalue weighted by molar-refractivity contribution is 7.09. The van der Waals surface area contributed by atoms with Gasteiger partial charge in [-0.1, -0.05) is 6.07 Å². The molecule has 0 fully saturated rings. The zero-order chi connectivity index (χ0) is 10.3. The number of hydrogen-bond donors (Lipinski definition) is 1. The van der Waals surface area contributed by atoms with Crippen LogP contribution in [-0.4, -0.2) is 9.36 Å². The Labute approximate surface area is 91.5 Å². The minimum atomic E-state index is 0.827. The van der Waals surface area contributed by atoms with Gasteiger partial charge in [-0.15, -0.1) is 0 Å². The number of rotatable bonds is 1. The Balaban J connectivity index is 1.92. The van der Waals surface area contributed by atoms with Crippen LogP contribution in [0.4, 0.5) is 10.8 Å². The number of benzene rings is 1. The molecule has 0 saturated heterocycles. The van der Waals surface area contributed by atoms with Crippen LogP contribution in [-0.2, 0) is 13.1 Å². The van der Waals surface area contributed by atoms with Gasteiger partial charge in [-0.25, -0.2) is 4.98 Å². The van der Waals surface area contributed by atoms with Crippen LogP contribution in [0.5, 0.6) is 0 Å². The van der Waals surface area contributed by atoms with Crippen LogP contribution in [0.2, 0.25) is 0 Å². The lowest BCUT2D eigenvalue weighted by Crippen LogP contribution is -2.13. The summed E-state index contributed by atoms with van der Waals surface area (Å²) in [5, 5.41) is 0.977. The van der Waals surface area contributed by atoms with Gasteiger partial charge in [0.1, 0.15) is 6.33 Å². The maximum atomic E-state index is 5.75. The number of nitrogen functional groups attached to an aromatic ring is 1. The average molecular weight is 218 g/mol. The largest absolute Gasteiger partial charge is 0.399 e. The van der Waals surface area contributed by atoms with Crippen LogP contribution in [0.15, 0.2) is 24.5 Å². The normalized spacial score (nSPS) is 14.3. The molecule has 0 atom stereocenters. The third kappa shape index (κ3) is 1.45. The summed E-state index contributed by atoms with van der Waals surface area (Å²) in [4.78, 5) is 6.42. The summed E-state index contributed by atoms with van der Waals surface area (Å²) in [6, 6.07) is 6.07. The monoisotopic (exact) mass is 218 g/mol. The molecule has 1 aliphatic rings. The number of hydrogen-bond acceptors (Lipinski definition) is 5. The van der Waals surface area contributed by atoms with Crippen molar-refractivity contribution in [2.75, 3.05) is 10.6 Å². The van der Waals surface area contributed by atoms with Crippen LogP contribution in [0.3, 0.4) is 0 Å². The standard InChI is InChI=1S/C10H10N4S/c11-9-2-1-7-4-14(5-8(7)3-9)10-12-6-13-15-10/h1-3,6H,4-5,11H2. The van der Waals surface area contributed by atoms with Crippen LogP contribution in [0, 0.1) is 0 Å². The Morgan fingerprint density at radius 3 is 2.93 bits per heavy atom. The van der Waals surface area contributed by atoms with Crippen molar-refractivity contribution in [3.05, 3.63) is 35.7 Å². The summed E-state index contributed by atoms with van der Waals surface area (Å²) in [5.41, 5.74) is 9.21. The maximum absolute atomic E-state index is 5.75. The van der Waals surface area contributed by atoms with E-state index >= 15 is 0 Å². The summed E-state index contributed by atoms with van der Waals surface area (Å²) in [5.74, 6) is 0. The van der Waals surface area contributed by atoms with Gasteiger partial charge in [0.15, 0.2) is 0 Å². The van der Waals surface area contributed by atoms with E-state index in [-0.39, 0.29) is 0 Å². The molecule has 2 heterocycles. The van der Waals surface area contributed by atoms with E-state index in [0.29, 0.717) is 0 Å². The van der Waals surface area contributed by atoms with Gasteiger partial charge >= 0.3 is 0 Å². The topological polar surface area (TPSA) is 55.0 Å². The molecular formula is C10H10N4S. The van der Waals surface area contributed by atoms with Crippen molar-refractivity contribution < 1.29 is 0 Å². The van der Waals surface area contributed by atoms with Crippen molar-refractivity contribution in [1.82, 2.24) is 9.36 Å². The first kappa shape index (κ1) is 8.67. The highest BCUT2D eigenvalue weighted by Gasteiger charge is 2.20. The van der Waals surface area contributed by atoms with Crippen molar-refractivity contribution in [3.8, 4) is 0 Å². The third-order valence-corrected chi connectivity index (χ3v) is 3.30. The molecule has 3 rings (SSSR count). The molecule has 15 heavy (non-hydrogen) atoms. The van der Waals surface area contributed by atoms with Crippen molar-refractivity contribution in [2.24, 2.45) is 0 Å². The Hall–Kier alpha value is -1.62. The number of fused-ring (bicyclic) bond motifs is 1. The van der Waals surface area contributed by atoms with Gasteiger partial charge in [-0.2, -0.15) is 4.37 Å². The molecule has 2 aromatic rings. The van der Waals surface area contributed by atoms with Crippen LogP contribution >= 0.6 is 11.5 Å². The van der Waals surface area contributed by atoms with E-state index in [1.807, 2.05) is 12.1 Å². The van der Waals surface area contributed by atoms with Crippen molar-refractivity contribution >= 4 is 22.4 Å². The fourth-order valence-corrected chi connectivity index (χ4v) is 2.38. The average Bonchev–Trinajstić information content (AvgIpc) is 2.84. The molecule has 0 radical (unpaired) electrons. The first-order valence-corrected chi connectivity index (χ1v) is 5.49. The lowest BCUT2D eigenvalue weighted by atomic mass is 10.1. The van der Waals surface area contributed by atoms with E-state index in [2.05, 4.69) is 20.3 Å². The molecule has 2 N–H and O–H groups in total. The fourth-order valence-electron chi connectivity index (χ4n) is 1.86. The van der Waals surface area contributed by atoms with Crippen LogP contribution in [0.25, 0.3) is 0 Å². The maximum Gasteiger partial charge on any atom is 0.205 e. The van der Waals surface area contributed by atoms with E-state index in [1.54, 1.807) is 6.33 Å². The van der Waals surface area contributed by atoms with Gasteiger partial charge in [-0.3, -0.25) is 0 Å². The molecule has 0 spiro atoms. The second-order valence-corrected chi connectivity index (χ2v) is 4.37. The summed E-state index contributed by atoms with van der Waals surface area (Å²) in [6.45, 7) is 1.79. The van der Waals surface area contributed by atoms with Gasteiger partial charge in [0.05, 0.1) is 0 Å². The fraction of sp³-hybridized carbons (Fsp3) is 0.200. The molecule has 0 aliphatic carbocycles. The lowest BCUT2D eigenvalue weighted by Gasteiger charge is -2.11. The molecule has 1 aliphatic heterocycles. The third-order valence-electron chi connectivity index (χ3n) is 2.57. The molecule has 0 saturated carbocycles. The Bertz CT molecular complexity index is 480. The molecule has 0 amide bonds. The molecule has 5 heteroatoms. The second kappa shape index (κ2) is 3.20. The predicted octanol–water partition coefficient (Wildman–Crippen LogP) is 1.64. The number of aromatic nitrogens is 2. The minimum Gasteiger partial charge on any atom is -0.399 e. The van der Waals surface area contributed by atoms with E-state index < -0.39 is 0 Å². The summed E-state index contributed by atoms with van der Waals surface area (Å²) >= 11 is 1.43. The quantitative estimate of drug-likeness (QED) is 0.739. The van der Waals surface area contributed by atoms with Crippen molar-refractivity contribution in [1.29, 1.82) is 0 Å². The first-order valence-electron chi connectivity index (χ1n) is 4.72. The molecule has 1 aromatic heterocycles. The zero-order valence-corrected chi connectivity index (χ0v) is 8.87. The van der Waals surface area contributed by atoms with Crippen LogP contribution in [0.1, 0.15) is 11.1 Å². The Morgan fingerprint density at radius 2 is 2.13 bits per heavy atom. The van der Waals surface area contributed by atoms with E-state index in [1.165, 1.54) is 22.7 Å². The van der Waals surface area contributed by atoms with E-state index in [9.17, 15) is 0 Å². The lowest BCUT2D eigenvalue weighted by molar-refractivity contribution is 0.872. The summed E-state index contributed by atoms with van der Waals surface area (Å²) in [6.07, 6.45) is 1.59. The van der Waals surface area contributed by atoms with Gasteiger partial charge in [0.25, 0.3) is 0 Å². The molecule has 76 valence electrons. The van der Waals surface area contributed by atoms with Crippen molar-refractivity contribution in [3.63, 3.8) is 0 Å². The SMILES string of the molecule is Nc1ccc2c(c1)CN(c1ncns1)C2. The minimum absolute atomic E-state index is 0.827. The highest BCUT2D eigenvalue weighted by atomic mass is 32.1. The zero-order valence-electron chi connectivity index (χ0n) is 8.05. The molecule has 1 aromatic carbocycles. The number of nitrogens with zero attached hydrogens (tertiary/aromatic N) is 3. The highest BCUT2D eigenvalue weighted by Crippen LogP contribution is 2.29. The smallest absolute Gasteiger partial charge is 0.205 e. The predicted molar refractivity (Wildman–Crippen MR) is 60.7 cm³/mol. The summed E-state index contributed by atoms with van der Waals surface area (Å²) in [7, 11) is 0. The Morgan fingerprint density at radius 1 is 1.27 bits per heavy atom.